The second-order valence-corrected chi connectivity index (χ2v) is 4.49. The number of fused-ring (bicyclic) bond motifs is 1. The average Bonchev–Trinajstić information content (AvgIpc) is 2.74. The minimum Gasteiger partial charge on any atom is -0.481 e. The number of carbonyl (C=O) groups is 2. The summed E-state index contributed by atoms with van der Waals surface area (Å²) in [6, 6.07) is 4.71. The summed E-state index contributed by atoms with van der Waals surface area (Å²) in [6.45, 7) is 3.55. The van der Waals surface area contributed by atoms with Gasteiger partial charge in [0.05, 0.1) is 0 Å². The van der Waals surface area contributed by atoms with E-state index < -0.39 is 17.7 Å². The molecule has 0 aliphatic carbocycles. The van der Waals surface area contributed by atoms with E-state index in [9.17, 15) is 9.59 Å². The molecule has 0 aromatic heterocycles. The molecular formula is C13H14O5. The van der Waals surface area contributed by atoms with Crippen molar-refractivity contribution in [2.24, 2.45) is 11.8 Å². The largest absolute Gasteiger partial charge is 0.481 e. The monoisotopic (exact) mass is 250 g/mol. The number of aliphatic carboxylic acids is 1. The molecule has 1 aliphatic heterocycles. The van der Waals surface area contributed by atoms with E-state index in [4.69, 9.17) is 14.6 Å². The lowest BCUT2D eigenvalue weighted by Gasteiger charge is -2.14. The standard InChI is InChI=1S/C13H14O5/c1-7(2)11(13(15)16)12(14)8-3-4-9-10(5-8)18-6-17-9/h3-5,7,11H,6H2,1-2H3,(H,15,16). The Bertz CT molecular complexity index is 492. The van der Waals surface area contributed by atoms with Gasteiger partial charge in [-0.2, -0.15) is 0 Å². The number of ketones is 1. The topological polar surface area (TPSA) is 72.8 Å². The van der Waals surface area contributed by atoms with Gasteiger partial charge in [-0.25, -0.2) is 0 Å². The average molecular weight is 250 g/mol. The van der Waals surface area contributed by atoms with E-state index in [1.54, 1.807) is 26.0 Å². The molecule has 1 unspecified atom stereocenters. The van der Waals surface area contributed by atoms with Crippen LogP contribution in [0.4, 0.5) is 0 Å². The van der Waals surface area contributed by atoms with Crippen molar-refractivity contribution in [1.29, 1.82) is 0 Å². The molecule has 1 heterocycles. The van der Waals surface area contributed by atoms with Crippen LogP contribution < -0.4 is 9.47 Å². The quantitative estimate of drug-likeness (QED) is 0.653. The molecule has 5 nitrogen and oxygen atoms in total. The lowest BCUT2D eigenvalue weighted by Crippen LogP contribution is -2.28. The number of hydrogen-bond donors (Lipinski definition) is 1. The van der Waals surface area contributed by atoms with Crippen LogP contribution >= 0.6 is 0 Å². The van der Waals surface area contributed by atoms with E-state index in [2.05, 4.69) is 0 Å². The van der Waals surface area contributed by atoms with E-state index in [0.29, 0.717) is 17.1 Å². The predicted octanol–water partition coefficient (Wildman–Crippen LogP) is 1.95. The number of ether oxygens (including phenoxy) is 2. The van der Waals surface area contributed by atoms with Crippen molar-refractivity contribution in [2.45, 2.75) is 13.8 Å². The maximum Gasteiger partial charge on any atom is 0.314 e. The summed E-state index contributed by atoms with van der Waals surface area (Å²) in [7, 11) is 0. The number of hydrogen-bond acceptors (Lipinski definition) is 4. The first-order chi connectivity index (χ1) is 8.50. The molecule has 0 radical (unpaired) electrons. The summed E-state index contributed by atoms with van der Waals surface area (Å²) in [5, 5.41) is 9.09. The summed E-state index contributed by atoms with van der Waals surface area (Å²) < 4.78 is 10.3. The number of benzene rings is 1. The fourth-order valence-corrected chi connectivity index (χ4v) is 1.93. The third-order valence-electron chi connectivity index (χ3n) is 2.87. The fraction of sp³-hybridized carbons (Fsp3) is 0.385. The van der Waals surface area contributed by atoms with Gasteiger partial charge >= 0.3 is 5.97 Å². The van der Waals surface area contributed by atoms with Crippen molar-refractivity contribution in [3.05, 3.63) is 23.8 Å². The minimum absolute atomic E-state index is 0.125. The van der Waals surface area contributed by atoms with Gasteiger partial charge in [-0.15, -0.1) is 0 Å². The van der Waals surface area contributed by atoms with Crippen molar-refractivity contribution < 1.29 is 24.2 Å². The highest BCUT2D eigenvalue weighted by molar-refractivity contribution is 6.08. The van der Waals surface area contributed by atoms with E-state index in [0.717, 1.165) is 0 Å². The molecule has 0 bridgehead atoms. The van der Waals surface area contributed by atoms with Gasteiger partial charge in [0.25, 0.3) is 0 Å². The molecule has 18 heavy (non-hydrogen) atoms. The molecule has 1 atom stereocenters. The van der Waals surface area contributed by atoms with Crippen LogP contribution in [0.1, 0.15) is 24.2 Å². The van der Waals surface area contributed by atoms with Gasteiger partial charge < -0.3 is 14.6 Å². The Hall–Kier alpha value is -2.04. The molecule has 0 amide bonds. The number of carboxylic acids is 1. The second kappa shape index (κ2) is 4.68. The molecule has 1 aromatic carbocycles. The Labute approximate surface area is 104 Å². The van der Waals surface area contributed by atoms with Crippen LogP contribution in [0.5, 0.6) is 11.5 Å². The van der Waals surface area contributed by atoms with E-state index in [1.807, 2.05) is 0 Å². The summed E-state index contributed by atoms with van der Waals surface area (Å²) in [6.07, 6.45) is 0. The Morgan fingerprint density at radius 1 is 1.22 bits per heavy atom. The Balaban J connectivity index is 2.30. The highest BCUT2D eigenvalue weighted by Gasteiger charge is 2.31. The summed E-state index contributed by atoms with van der Waals surface area (Å²) in [4.78, 5) is 23.3. The first-order valence-corrected chi connectivity index (χ1v) is 5.67. The summed E-state index contributed by atoms with van der Waals surface area (Å²) in [5.41, 5.74) is 0.334. The van der Waals surface area contributed by atoms with E-state index in [1.165, 1.54) is 6.07 Å². The van der Waals surface area contributed by atoms with Crippen LogP contribution in [0.25, 0.3) is 0 Å². The fourth-order valence-electron chi connectivity index (χ4n) is 1.93. The molecule has 5 heteroatoms. The van der Waals surface area contributed by atoms with Crippen molar-refractivity contribution >= 4 is 11.8 Å². The lowest BCUT2D eigenvalue weighted by atomic mass is 9.88. The van der Waals surface area contributed by atoms with E-state index >= 15 is 0 Å². The van der Waals surface area contributed by atoms with Crippen LogP contribution in [-0.2, 0) is 4.79 Å². The van der Waals surface area contributed by atoms with Gasteiger partial charge in [0.2, 0.25) is 6.79 Å². The normalized spacial score (nSPS) is 14.6. The highest BCUT2D eigenvalue weighted by atomic mass is 16.7. The number of rotatable bonds is 4. The zero-order valence-corrected chi connectivity index (χ0v) is 10.2. The smallest absolute Gasteiger partial charge is 0.314 e. The van der Waals surface area contributed by atoms with Crippen LogP contribution in [0, 0.1) is 11.8 Å². The zero-order chi connectivity index (χ0) is 13.3. The molecule has 0 fully saturated rings. The van der Waals surface area contributed by atoms with Crippen LogP contribution in [0.2, 0.25) is 0 Å². The van der Waals surface area contributed by atoms with E-state index in [-0.39, 0.29) is 12.7 Å². The molecule has 0 saturated heterocycles. The van der Waals surface area contributed by atoms with Gasteiger partial charge in [-0.05, 0) is 24.1 Å². The van der Waals surface area contributed by atoms with Crippen molar-refractivity contribution in [3.63, 3.8) is 0 Å². The van der Waals surface area contributed by atoms with Gasteiger partial charge in [0.1, 0.15) is 5.92 Å². The first kappa shape index (κ1) is 12.4. The summed E-state index contributed by atoms with van der Waals surface area (Å²) in [5.74, 6) is -1.76. The lowest BCUT2D eigenvalue weighted by molar-refractivity contribution is -0.141. The van der Waals surface area contributed by atoms with Crippen LogP contribution in [0.15, 0.2) is 18.2 Å². The molecule has 2 rings (SSSR count). The highest BCUT2D eigenvalue weighted by Crippen LogP contribution is 2.33. The SMILES string of the molecule is CC(C)C(C(=O)O)C(=O)c1ccc2c(c1)OCO2. The maximum absolute atomic E-state index is 12.2. The molecule has 1 N–H and O–H groups in total. The van der Waals surface area contributed by atoms with Crippen molar-refractivity contribution in [3.8, 4) is 11.5 Å². The predicted molar refractivity (Wildman–Crippen MR) is 62.9 cm³/mol. The maximum atomic E-state index is 12.2. The van der Waals surface area contributed by atoms with Crippen molar-refractivity contribution in [2.75, 3.05) is 6.79 Å². The Morgan fingerprint density at radius 2 is 1.89 bits per heavy atom. The Morgan fingerprint density at radius 3 is 2.50 bits per heavy atom. The third kappa shape index (κ3) is 2.16. The van der Waals surface area contributed by atoms with Gasteiger partial charge in [0.15, 0.2) is 17.3 Å². The molecule has 96 valence electrons. The number of carboxylic acid groups (broad SMARTS) is 1. The van der Waals surface area contributed by atoms with Crippen LogP contribution in [0.3, 0.4) is 0 Å². The van der Waals surface area contributed by atoms with Crippen LogP contribution in [-0.4, -0.2) is 23.7 Å². The zero-order valence-electron chi connectivity index (χ0n) is 10.2. The Kier molecular flexibility index (Phi) is 3.23. The van der Waals surface area contributed by atoms with Crippen molar-refractivity contribution in [1.82, 2.24) is 0 Å². The second-order valence-electron chi connectivity index (χ2n) is 4.49. The number of carbonyl (C=O) groups excluding carboxylic acids is 1. The summed E-state index contributed by atoms with van der Waals surface area (Å²) >= 11 is 0. The molecule has 1 aliphatic rings. The number of Topliss-reactive ketones (excluding diaryl/α,β-unsaturated/α-hetero) is 1. The first-order valence-electron chi connectivity index (χ1n) is 5.67. The third-order valence-corrected chi connectivity index (χ3v) is 2.87. The minimum atomic E-state index is -1.10. The molecular weight excluding hydrogens is 236 g/mol. The van der Waals surface area contributed by atoms with Gasteiger partial charge in [0, 0.05) is 5.56 Å². The molecule has 1 aromatic rings. The molecule has 0 spiro atoms. The molecule has 0 saturated carbocycles. The van der Waals surface area contributed by atoms with Gasteiger partial charge in [-0.1, -0.05) is 13.8 Å². The van der Waals surface area contributed by atoms with Gasteiger partial charge in [-0.3, -0.25) is 9.59 Å².